The largest absolute Gasteiger partial charge is 0.391 e. The van der Waals surface area contributed by atoms with Gasteiger partial charge in [-0.25, -0.2) is 13.1 Å². The second-order valence-corrected chi connectivity index (χ2v) is 17.1. The van der Waals surface area contributed by atoms with E-state index in [1.807, 2.05) is 81.4 Å². The first kappa shape index (κ1) is 37.7. The number of carbonyl (C=O) groups excluding carboxylic acids is 2. The van der Waals surface area contributed by atoms with Crippen LogP contribution in [0, 0.1) is 11.8 Å². The molecule has 7 atom stereocenters. The number of fused-ring (bicyclic) bond motifs is 1. The average Bonchev–Trinajstić information content (AvgIpc) is 3.02. The first-order valence-corrected chi connectivity index (χ1v) is 19.5. The molecule has 0 saturated heterocycles. The van der Waals surface area contributed by atoms with E-state index in [1.54, 1.807) is 19.2 Å². The lowest BCUT2D eigenvalue weighted by molar-refractivity contribution is -0.132. The van der Waals surface area contributed by atoms with Crippen molar-refractivity contribution in [1.29, 1.82) is 0 Å². The molecule has 0 aliphatic heterocycles. The van der Waals surface area contributed by atoms with Gasteiger partial charge in [0.15, 0.2) is 0 Å². The van der Waals surface area contributed by atoms with E-state index >= 15 is 0 Å². The second-order valence-electron chi connectivity index (χ2n) is 13.8. The zero-order chi connectivity index (χ0) is 35.1. The van der Waals surface area contributed by atoms with Crippen LogP contribution in [0.2, 0.25) is 0 Å². The summed E-state index contributed by atoms with van der Waals surface area (Å²) in [6, 6.07) is 20.1. The molecule has 0 spiro atoms. The van der Waals surface area contributed by atoms with E-state index in [2.05, 4.69) is 15.4 Å². The Labute approximate surface area is 286 Å². The van der Waals surface area contributed by atoms with Crippen LogP contribution in [0.1, 0.15) is 52.0 Å². The molecular weight excluding hydrogens is 651 g/mol. The third-order valence-corrected chi connectivity index (χ3v) is 10.8. The van der Waals surface area contributed by atoms with E-state index in [0.29, 0.717) is 17.7 Å². The Bertz CT molecular complexity index is 1680. The quantitative estimate of drug-likeness (QED) is 0.201. The van der Waals surface area contributed by atoms with Gasteiger partial charge in [-0.05, 0) is 87.3 Å². The van der Waals surface area contributed by atoms with Crippen molar-refractivity contribution >= 4 is 43.4 Å². The minimum Gasteiger partial charge on any atom is -0.391 e. The van der Waals surface area contributed by atoms with Gasteiger partial charge in [-0.15, -0.1) is 0 Å². The van der Waals surface area contributed by atoms with Crippen LogP contribution in [0.15, 0.2) is 77.7 Å². The Hall–Kier alpha value is -3.16. The molecule has 262 valence electrons. The van der Waals surface area contributed by atoms with E-state index in [4.69, 9.17) is 4.74 Å². The summed E-state index contributed by atoms with van der Waals surface area (Å²) in [5, 5.41) is 19.6. The van der Waals surface area contributed by atoms with E-state index in [0.717, 1.165) is 29.0 Å². The van der Waals surface area contributed by atoms with Crippen LogP contribution in [-0.4, -0.2) is 78.5 Å². The van der Waals surface area contributed by atoms with Gasteiger partial charge < -0.3 is 20.5 Å². The van der Waals surface area contributed by atoms with Gasteiger partial charge in [-0.2, -0.15) is 0 Å². The van der Waals surface area contributed by atoms with Crippen LogP contribution in [0.5, 0.6) is 0 Å². The number of hydrogen-bond acceptors (Lipinski definition) is 7. The summed E-state index contributed by atoms with van der Waals surface area (Å²) in [7, 11) is -3.96. The summed E-state index contributed by atoms with van der Waals surface area (Å²) in [4.78, 5) is 27.7. The second kappa shape index (κ2) is 16.5. The molecule has 1 aliphatic rings. The molecule has 1 fully saturated rings. The van der Waals surface area contributed by atoms with Crippen molar-refractivity contribution in [2.75, 3.05) is 19.1 Å². The summed E-state index contributed by atoms with van der Waals surface area (Å²) in [5.74, 6) is -1.65. The van der Waals surface area contributed by atoms with Crippen molar-refractivity contribution in [3.8, 4) is 0 Å². The molecule has 0 heterocycles. The Morgan fingerprint density at radius 3 is 2.31 bits per heavy atom. The smallest absolute Gasteiger partial charge is 0.239 e. The summed E-state index contributed by atoms with van der Waals surface area (Å²) in [6.45, 7) is 5.78. The number of nitrogens with one attached hydrogen (secondary N) is 3. The van der Waals surface area contributed by atoms with Crippen molar-refractivity contribution in [2.45, 2.75) is 87.6 Å². The average molecular weight is 700 g/mol. The number of hydrogen-bond donors (Lipinski definition) is 4. The Kier molecular flexibility index (Phi) is 12.9. The molecule has 3 aromatic carbocycles. The molecule has 0 aromatic heterocycles. The first-order chi connectivity index (χ1) is 22.6. The van der Waals surface area contributed by atoms with Crippen molar-refractivity contribution in [2.24, 2.45) is 11.8 Å². The van der Waals surface area contributed by atoms with E-state index in [9.17, 15) is 27.3 Å². The molecule has 1 saturated carbocycles. The van der Waals surface area contributed by atoms with Crippen LogP contribution >= 0.6 is 0 Å². The monoisotopic (exact) mass is 699 g/mol. The SMILES string of the molecule is COC1CCC(C(=O)NC(C)(C)C)C(C[C@@H](O)[C@H](Cc2ccccc2)NC(=O)[C@@H](CS(=O)c2ccc3ccccc3c2)NS(C)(=O)=O)C1. The fourth-order valence-electron chi connectivity index (χ4n) is 6.39. The summed E-state index contributed by atoms with van der Waals surface area (Å²) in [5.41, 5.74) is 0.436. The van der Waals surface area contributed by atoms with Gasteiger partial charge >= 0.3 is 0 Å². The maximum atomic E-state index is 13.9. The van der Waals surface area contributed by atoms with Gasteiger partial charge in [-0.3, -0.25) is 13.8 Å². The van der Waals surface area contributed by atoms with Crippen LogP contribution in [-0.2, 0) is 41.6 Å². The minimum absolute atomic E-state index is 0.0588. The molecule has 0 bridgehead atoms. The zero-order valence-corrected chi connectivity index (χ0v) is 30.0. The van der Waals surface area contributed by atoms with Crippen LogP contribution in [0.3, 0.4) is 0 Å². The maximum Gasteiger partial charge on any atom is 0.239 e. The third-order valence-electron chi connectivity index (χ3n) is 8.71. The summed E-state index contributed by atoms with van der Waals surface area (Å²) in [6.07, 6.45) is 2.18. The molecular formula is C36H49N3O7S2. The molecule has 3 aromatic rings. The minimum atomic E-state index is -3.88. The van der Waals surface area contributed by atoms with E-state index in [1.165, 1.54) is 0 Å². The number of aliphatic hydroxyl groups excluding tert-OH is 1. The standard InChI is InChI=1S/C36H49N3O7S2/c1-36(2,3)38-34(41)30-18-16-28(46-4)20-27(30)22-33(40)31(19-24-11-7-6-8-12-24)37-35(42)32(39-48(5,44)45)23-47(43)29-17-15-25-13-9-10-14-26(25)21-29/h6-15,17,21,27-28,30-33,39-40H,16,18-20,22-23H2,1-5H3,(H,37,42)(H,38,41)/t27?,28?,30?,31-,32+,33+,47?/m0/s1. The predicted molar refractivity (Wildman–Crippen MR) is 189 cm³/mol. The Morgan fingerprint density at radius 2 is 1.67 bits per heavy atom. The number of benzene rings is 3. The lowest BCUT2D eigenvalue weighted by atomic mass is 9.73. The first-order valence-electron chi connectivity index (χ1n) is 16.3. The number of ether oxygens (including phenoxy) is 1. The molecule has 12 heteroatoms. The van der Waals surface area contributed by atoms with Gasteiger partial charge in [-0.1, -0.05) is 60.7 Å². The molecule has 2 amide bonds. The normalized spacial score (nSPS) is 21.2. The number of aliphatic hydroxyl groups is 1. The van der Waals surface area contributed by atoms with Gasteiger partial charge in [0.1, 0.15) is 6.04 Å². The fraction of sp³-hybridized carbons (Fsp3) is 0.500. The topological polar surface area (TPSA) is 151 Å². The number of amides is 2. The zero-order valence-electron chi connectivity index (χ0n) is 28.3. The molecule has 0 radical (unpaired) electrons. The van der Waals surface area contributed by atoms with Crippen molar-refractivity contribution in [3.63, 3.8) is 0 Å². The summed E-state index contributed by atoms with van der Waals surface area (Å²) >= 11 is 0. The lowest BCUT2D eigenvalue weighted by Gasteiger charge is -2.38. The predicted octanol–water partition coefficient (Wildman–Crippen LogP) is 3.69. The molecule has 4 rings (SSSR count). The third kappa shape index (κ3) is 11.2. The number of methoxy groups -OCH3 is 1. The lowest BCUT2D eigenvalue weighted by Crippen LogP contribution is -2.55. The Balaban J connectivity index is 1.57. The van der Waals surface area contributed by atoms with Gasteiger partial charge in [0.25, 0.3) is 0 Å². The fourth-order valence-corrected chi connectivity index (χ4v) is 8.41. The van der Waals surface area contributed by atoms with Gasteiger partial charge in [0, 0.05) is 23.5 Å². The number of carbonyl (C=O) groups is 2. The summed E-state index contributed by atoms with van der Waals surface area (Å²) < 4.78 is 46.3. The highest BCUT2D eigenvalue weighted by Crippen LogP contribution is 2.36. The van der Waals surface area contributed by atoms with Crippen LogP contribution < -0.4 is 15.4 Å². The maximum absolute atomic E-state index is 13.9. The van der Waals surface area contributed by atoms with Gasteiger partial charge in [0.2, 0.25) is 21.8 Å². The van der Waals surface area contributed by atoms with Gasteiger partial charge in [0.05, 0.1) is 41.1 Å². The molecule has 10 nitrogen and oxygen atoms in total. The van der Waals surface area contributed by atoms with Crippen molar-refractivity contribution < 1.29 is 32.1 Å². The van der Waals surface area contributed by atoms with Crippen LogP contribution in [0.4, 0.5) is 0 Å². The van der Waals surface area contributed by atoms with E-state index < -0.39 is 50.5 Å². The van der Waals surface area contributed by atoms with Crippen molar-refractivity contribution in [3.05, 3.63) is 78.4 Å². The Morgan fingerprint density at radius 1 is 1.00 bits per heavy atom. The van der Waals surface area contributed by atoms with Crippen molar-refractivity contribution in [1.82, 2.24) is 15.4 Å². The molecule has 48 heavy (non-hydrogen) atoms. The highest BCUT2D eigenvalue weighted by Gasteiger charge is 2.39. The van der Waals surface area contributed by atoms with E-state index in [-0.39, 0.29) is 42.4 Å². The molecule has 1 aliphatic carbocycles. The number of rotatable bonds is 14. The highest BCUT2D eigenvalue weighted by atomic mass is 32.2. The molecule has 4 N–H and O–H groups in total. The highest BCUT2D eigenvalue weighted by molar-refractivity contribution is 7.89. The van der Waals surface area contributed by atoms with Crippen LogP contribution in [0.25, 0.3) is 10.8 Å². The number of sulfonamides is 1. The molecule has 4 unspecified atom stereocenters.